The first-order chi connectivity index (χ1) is 10.5. The van der Waals surface area contributed by atoms with Crippen LogP contribution in [-0.2, 0) is 16.4 Å². The van der Waals surface area contributed by atoms with Gasteiger partial charge in [-0.3, -0.25) is 0 Å². The van der Waals surface area contributed by atoms with E-state index in [-0.39, 0.29) is 17.2 Å². The smallest absolute Gasteiger partial charge is 0.205 e. The highest BCUT2D eigenvalue weighted by molar-refractivity contribution is 9.10. The number of nitrogens with zero attached hydrogens (tertiary/aromatic N) is 4. The molecule has 0 N–H and O–H groups in total. The van der Waals surface area contributed by atoms with Crippen LogP contribution in [0, 0.1) is 0 Å². The van der Waals surface area contributed by atoms with Gasteiger partial charge in [0.25, 0.3) is 0 Å². The Balaban J connectivity index is 1.71. The van der Waals surface area contributed by atoms with E-state index in [0.29, 0.717) is 5.82 Å². The molecule has 0 saturated carbocycles. The lowest BCUT2D eigenvalue weighted by atomic mass is 10.3. The SMILES string of the molecule is O=S(=O)(CCn1nnc(-c2ccsc2)n1)c1ccc(Br)cc1. The molecule has 3 aromatic rings. The molecule has 0 bridgehead atoms. The molecule has 0 aliphatic carbocycles. The molecule has 114 valence electrons. The molecule has 6 nitrogen and oxygen atoms in total. The van der Waals surface area contributed by atoms with Gasteiger partial charge in [0.15, 0.2) is 9.84 Å². The number of aromatic nitrogens is 4. The van der Waals surface area contributed by atoms with Crippen molar-refractivity contribution in [2.75, 3.05) is 5.75 Å². The number of tetrazole rings is 1. The summed E-state index contributed by atoms with van der Waals surface area (Å²) in [6.45, 7) is 0.162. The first-order valence-corrected chi connectivity index (χ1v) is 9.72. The van der Waals surface area contributed by atoms with Crippen LogP contribution in [0.15, 0.2) is 50.5 Å². The minimum Gasteiger partial charge on any atom is -0.224 e. The van der Waals surface area contributed by atoms with E-state index < -0.39 is 9.84 Å². The van der Waals surface area contributed by atoms with Crippen LogP contribution in [0.5, 0.6) is 0 Å². The van der Waals surface area contributed by atoms with Gasteiger partial charge in [0, 0.05) is 15.4 Å². The summed E-state index contributed by atoms with van der Waals surface area (Å²) >= 11 is 4.83. The molecule has 3 rings (SSSR count). The number of hydrogen-bond acceptors (Lipinski definition) is 6. The van der Waals surface area contributed by atoms with Crippen molar-refractivity contribution < 1.29 is 8.42 Å². The lowest BCUT2D eigenvalue weighted by Gasteiger charge is -2.03. The number of hydrogen-bond donors (Lipinski definition) is 0. The Kier molecular flexibility index (Phi) is 4.37. The van der Waals surface area contributed by atoms with Crippen LogP contribution in [0.25, 0.3) is 11.4 Å². The van der Waals surface area contributed by atoms with E-state index in [1.165, 1.54) is 4.80 Å². The van der Waals surface area contributed by atoms with Gasteiger partial charge in [-0.15, -0.1) is 10.2 Å². The third-order valence-corrected chi connectivity index (χ3v) is 5.89. The van der Waals surface area contributed by atoms with Gasteiger partial charge in [0.2, 0.25) is 5.82 Å². The third kappa shape index (κ3) is 3.42. The molecule has 0 amide bonds. The maximum Gasteiger partial charge on any atom is 0.205 e. The summed E-state index contributed by atoms with van der Waals surface area (Å²) in [6, 6.07) is 8.45. The molecule has 9 heteroatoms. The highest BCUT2D eigenvalue weighted by Crippen LogP contribution is 2.18. The molecular formula is C13H11BrN4O2S2. The van der Waals surface area contributed by atoms with E-state index in [4.69, 9.17) is 0 Å². The van der Waals surface area contributed by atoms with Crippen LogP contribution in [0.4, 0.5) is 0 Å². The van der Waals surface area contributed by atoms with Gasteiger partial charge in [-0.25, -0.2) is 8.42 Å². The lowest BCUT2D eigenvalue weighted by molar-refractivity contribution is 0.538. The van der Waals surface area contributed by atoms with E-state index in [1.54, 1.807) is 35.6 Å². The van der Waals surface area contributed by atoms with Gasteiger partial charge in [-0.1, -0.05) is 15.9 Å². The van der Waals surface area contributed by atoms with Crippen molar-refractivity contribution in [2.24, 2.45) is 0 Å². The minimum atomic E-state index is -3.37. The first kappa shape index (κ1) is 15.3. The Labute approximate surface area is 139 Å². The summed E-state index contributed by atoms with van der Waals surface area (Å²) in [5.74, 6) is 0.427. The van der Waals surface area contributed by atoms with Crippen molar-refractivity contribution in [1.82, 2.24) is 20.2 Å². The molecule has 0 radical (unpaired) electrons. The third-order valence-electron chi connectivity index (χ3n) is 2.96. The van der Waals surface area contributed by atoms with E-state index in [0.717, 1.165) is 10.0 Å². The first-order valence-electron chi connectivity index (χ1n) is 6.33. The number of halogens is 1. The van der Waals surface area contributed by atoms with Crippen LogP contribution in [0.3, 0.4) is 0 Å². The molecule has 1 aromatic carbocycles. The summed E-state index contributed by atoms with van der Waals surface area (Å²) in [4.78, 5) is 1.59. The topological polar surface area (TPSA) is 77.7 Å². The summed E-state index contributed by atoms with van der Waals surface area (Å²) < 4.78 is 25.3. The largest absolute Gasteiger partial charge is 0.224 e. The second kappa shape index (κ2) is 6.27. The zero-order chi connectivity index (χ0) is 15.6. The average molecular weight is 399 g/mol. The lowest BCUT2D eigenvalue weighted by Crippen LogP contribution is -2.15. The second-order valence-electron chi connectivity index (χ2n) is 4.49. The van der Waals surface area contributed by atoms with Crippen molar-refractivity contribution in [1.29, 1.82) is 0 Å². The molecule has 2 heterocycles. The van der Waals surface area contributed by atoms with Crippen LogP contribution in [0.1, 0.15) is 0 Å². The Bertz CT molecular complexity index is 858. The van der Waals surface area contributed by atoms with Gasteiger partial charge in [0.05, 0.1) is 17.2 Å². The van der Waals surface area contributed by atoms with Crippen LogP contribution >= 0.6 is 27.3 Å². The maximum atomic E-state index is 12.2. The van der Waals surface area contributed by atoms with E-state index in [9.17, 15) is 8.42 Å². The number of benzene rings is 1. The molecule has 0 aliphatic heterocycles. The van der Waals surface area contributed by atoms with Crippen molar-refractivity contribution >= 4 is 37.1 Å². The molecule has 0 unspecified atom stereocenters. The Morgan fingerprint density at radius 2 is 1.95 bits per heavy atom. The van der Waals surface area contributed by atoms with Crippen molar-refractivity contribution in [2.45, 2.75) is 11.4 Å². The molecule has 0 atom stereocenters. The number of rotatable bonds is 5. The van der Waals surface area contributed by atoms with Crippen LogP contribution < -0.4 is 0 Å². The van der Waals surface area contributed by atoms with Crippen molar-refractivity contribution in [3.05, 3.63) is 45.6 Å². The van der Waals surface area contributed by atoms with Gasteiger partial charge < -0.3 is 0 Å². The maximum absolute atomic E-state index is 12.2. The molecule has 0 aliphatic rings. The Hall–Kier alpha value is -1.58. The van der Waals surface area contributed by atoms with Gasteiger partial charge >= 0.3 is 0 Å². The van der Waals surface area contributed by atoms with Crippen molar-refractivity contribution in [3.8, 4) is 11.4 Å². The predicted molar refractivity (Wildman–Crippen MR) is 87.3 cm³/mol. The zero-order valence-electron chi connectivity index (χ0n) is 11.3. The number of thiophene rings is 1. The summed E-state index contributed by atoms with van der Waals surface area (Å²) in [5, 5.41) is 15.9. The van der Waals surface area contributed by atoms with Gasteiger partial charge in [0.1, 0.15) is 0 Å². The number of sulfone groups is 1. The van der Waals surface area contributed by atoms with E-state index in [1.807, 2.05) is 16.8 Å². The highest BCUT2D eigenvalue weighted by atomic mass is 79.9. The van der Waals surface area contributed by atoms with Gasteiger partial charge in [-0.05, 0) is 40.9 Å². The van der Waals surface area contributed by atoms with Gasteiger partial charge in [-0.2, -0.15) is 16.1 Å². The Morgan fingerprint density at radius 3 is 2.64 bits per heavy atom. The summed E-state index contributed by atoms with van der Waals surface area (Å²) in [6.07, 6.45) is 0. The van der Waals surface area contributed by atoms with E-state index in [2.05, 4.69) is 31.3 Å². The van der Waals surface area contributed by atoms with Crippen molar-refractivity contribution in [3.63, 3.8) is 0 Å². The monoisotopic (exact) mass is 398 g/mol. The fourth-order valence-electron chi connectivity index (χ4n) is 1.81. The number of aryl methyl sites for hydroxylation is 1. The fraction of sp³-hybridized carbons (Fsp3) is 0.154. The highest BCUT2D eigenvalue weighted by Gasteiger charge is 2.15. The summed E-state index contributed by atoms with van der Waals surface area (Å²) in [5.41, 5.74) is 0.881. The Morgan fingerprint density at radius 1 is 1.18 bits per heavy atom. The minimum absolute atomic E-state index is 0.0753. The molecule has 0 saturated heterocycles. The molecule has 2 aromatic heterocycles. The standard InChI is InChI=1S/C13H11BrN4O2S2/c14-11-1-3-12(4-2-11)22(19,20)8-6-18-16-13(15-17-18)10-5-7-21-9-10/h1-5,7,9H,6,8H2. The van der Waals surface area contributed by atoms with Crippen LogP contribution in [-0.4, -0.2) is 34.4 Å². The molecule has 0 spiro atoms. The summed E-state index contributed by atoms with van der Waals surface area (Å²) in [7, 11) is -3.37. The molecule has 0 fully saturated rings. The molecule has 22 heavy (non-hydrogen) atoms. The normalized spacial score (nSPS) is 11.7. The second-order valence-corrected chi connectivity index (χ2v) is 8.30. The predicted octanol–water partition coefficient (Wildman–Crippen LogP) is 2.64. The quantitative estimate of drug-likeness (QED) is 0.659. The molecular weight excluding hydrogens is 388 g/mol. The zero-order valence-corrected chi connectivity index (χ0v) is 14.5. The van der Waals surface area contributed by atoms with E-state index >= 15 is 0 Å². The fourth-order valence-corrected chi connectivity index (χ4v) is 3.90. The average Bonchev–Trinajstić information content (AvgIpc) is 3.17. The van der Waals surface area contributed by atoms with Crippen LogP contribution in [0.2, 0.25) is 0 Å².